The van der Waals surface area contributed by atoms with Crippen LogP contribution in [0.5, 0.6) is 0 Å². The number of hydrogen-bond donors (Lipinski definition) is 0. The van der Waals surface area contributed by atoms with Crippen LogP contribution in [-0.4, -0.2) is 23.3 Å². The number of amides is 1. The number of rotatable bonds is 4. The number of para-hydroxylation sites is 1. The number of ether oxygens (including phenoxy) is 1. The van der Waals surface area contributed by atoms with Gasteiger partial charge in [-0.2, -0.15) is 0 Å². The van der Waals surface area contributed by atoms with E-state index in [4.69, 9.17) is 44.6 Å². The van der Waals surface area contributed by atoms with Crippen LogP contribution in [0, 0.1) is 0 Å². The highest BCUT2D eigenvalue weighted by atomic mass is 35.5. The summed E-state index contributed by atoms with van der Waals surface area (Å²) in [4.78, 5) is 26.9. The molecule has 0 atom stereocenters. The van der Waals surface area contributed by atoms with Crippen LogP contribution in [0.1, 0.15) is 16.1 Å². The summed E-state index contributed by atoms with van der Waals surface area (Å²) >= 11 is 18.6. The first-order valence-corrected chi connectivity index (χ1v) is 10.9. The summed E-state index contributed by atoms with van der Waals surface area (Å²) in [7, 11) is 1.28. The van der Waals surface area contributed by atoms with Crippen molar-refractivity contribution in [2.75, 3.05) is 12.0 Å². The number of carbonyl (C=O) groups is 2. The van der Waals surface area contributed by atoms with Crippen LogP contribution < -0.4 is 4.90 Å². The molecule has 1 saturated heterocycles. The summed E-state index contributed by atoms with van der Waals surface area (Å²) in [5, 5.41) is 0.871. The number of benzene rings is 2. The highest BCUT2D eigenvalue weighted by Crippen LogP contribution is 2.38. The van der Waals surface area contributed by atoms with E-state index in [1.807, 2.05) is 0 Å². The number of thiocarbonyl (C=S) groups is 1. The maximum Gasteiger partial charge on any atom is 0.339 e. The first-order valence-electron chi connectivity index (χ1n) is 8.89. The summed E-state index contributed by atoms with van der Waals surface area (Å²) in [5.74, 6) is 0.156. The van der Waals surface area contributed by atoms with E-state index >= 15 is 0 Å². The van der Waals surface area contributed by atoms with Gasteiger partial charge >= 0.3 is 5.97 Å². The van der Waals surface area contributed by atoms with Gasteiger partial charge in [-0.3, -0.25) is 9.69 Å². The standard InChI is InChI=1S/C22H13Cl2NO4S2/c1-28-21(27)14-4-2-3-5-17(14)25-20(26)19(31-22(25)30)11-13-7-9-18(29-13)12-6-8-15(23)16(24)10-12/h2-11H,1H3/b19-11+. The molecule has 0 unspecified atom stereocenters. The van der Waals surface area contributed by atoms with E-state index in [-0.39, 0.29) is 11.5 Å². The number of halogens is 2. The summed E-state index contributed by atoms with van der Waals surface area (Å²) in [6.45, 7) is 0. The zero-order chi connectivity index (χ0) is 22.1. The molecular formula is C22H13Cl2NO4S2. The topological polar surface area (TPSA) is 59.8 Å². The van der Waals surface area contributed by atoms with Crippen molar-refractivity contribution in [3.8, 4) is 11.3 Å². The molecule has 1 aromatic heterocycles. The molecule has 9 heteroatoms. The molecule has 0 saturated carbocycles. The van der Waals surface area contributed by atoms with Gasteiger partial charge < -0.3 is 9.15 Å². The molecule has 5 nitrogen and oxygen atoms in total. The zero-order valence-corrected chi connectivity index (χ0v) is 19.1. The Hall–Kier alpha value is -2.58. The SMILES string of the molecule is COC(=O)c1ccccc1N1C(=O)/C(=C\c2ccc(-c3ccc(Cl)c(Cl)c3)o2)SC1=S. The Bertz CT molecular complexity index is 1250. The largest absolute Gasteiger partial charge is 0.465 e. The van der Waals surface area contributed by atoms with Crippen LogP contribution in [-0.2, 0) is 9.53 Å². The minimum Gasteiger partial charge on any atom is -0.465 e. The second kappa shape index (κ2) is 8.88. The van der Waals surface area contributed by atoms with Crippen LogP contribution in [0.15, 0.2) is 63.9 Å². The van der Waals surface area contributed by atoms with Gasteiger partial charge in [0.25, 0.3) is 5.91 Å². The Labute approximate surface area is 197 Å². The van der Waals surface area contributed by atoms with Crippen molar-refractivity contribution in [2.24, 2.45) is 0 Å². The summed E-state index contributed by atoms with van der Waals surface area (Å²) < 4.78 is 11.0. The lowest BCUT2D eigenvalue weighted by Gasteiger charge is -2.17. The minimum absolute atomic E-state index is 0.252. The van der Waals surface area contributed by atoms with Crippen molar-refractivity contribution in [3.63, 3.8) is 0 Å². The van der Waals surface area contributed by atoms with E-state index in [0.29, 0.717) is 36.5 Å². The van der Waals surface area contributed by atoms with Gasteiger partial charge in [0.15, 0.2) is 4.32 Å². The van der Waals surface area contributed by atoms with E-state index < -0.39 is 5.97 Å². The van der Waals surface area contributed by atoms with E-state index in [0.717, 1.165) is 17.3 Å². The lowest BCUT2D eigenvalue weighted by atomic mass is 10.1. The number of esters is 1. The molecule has 0 bridgehead atoms. The van der Waals surface area contributed by atoms with Crippen molar-refractivity contribution >= 4 is 75.1 Å². The molecular weight excluding hydrogens is 477 g/mol. The predicted molar refractivity (Wildman–Crippen MR) is 128 cm³/mol. The molecule has 4 rings (SSSR count). The Morgan fingerprint density at radius 2 is 1.90 bits per heavy atom. The molecule has 2 heterocycles. The zero-order valence-electron chi connectivity index (χ0n) is 15.9. The first kappa shape index (κ1) is 21.6. The molecule has 1 fully saturated rings. The van der Waals surface area contributed by atoms with E-state index in [9.17, 15) is 9.59 Å². The molecule has 0 N–H and O–H groups in total. The van der Waals surface area contributed by atoms with Crippen molar-refractivity contribution in [2.45, 2.75) is 0 Å². The van der Waals surface area contributed by atoms with Gasteiger partial charge in [0.2, 0.25) is 0 Å². The van der Waals surface area contributed by atoms with Crippen LogP contribution in [0.2, 0.25) is 10.0 Å². The van der Waals surface area contributed by atoms with Crippen LogP contribution >= 0.6 is 47.2 Å². The molecule has 0 spiro atoms. The highest BCUT2D eigenvalue weighted by Gasteiger charge is 2.35. The third kappa shape index (κ3) is 4.27. The first-order chi connectivity index (χ1) is 14.9. The van der Waals surface area contributed by atoms with Crippen molar-refractivity contribution in [3.05, 3.63) is 80.9 Å². The molecule has 1 amide bonds. The van der Waals surface area contributed by atoms with Gasteiger partial charge in [-0.25, -0.2) is 4.79 Å². The van der Waals surface area contributed by atoms with Crippen LogP contribution in [0.25, 0.3) is 17.4 Å². The average molecular weight is 490 g/mol. The summed E-state index contributed by atoms with van der Waals surface area (Å²) in [5.41, 5.74) is 1.38. The Morgan fingerprint density at radius 1 is 1.13 bits per heavy atom. The van der Waals surface area contributed by atoms with Gasteiger partial charge in [0.05, 0.1) is 33.3 Å². The third-order valence-corrected chi connectivity index (χ3v) is 6.49. The lowest BCUT2D eigenvalue weighted by Crippen LogP contribution is -2.29. The molecule has 1 aliphatic heterocycles. The number of furan rings is 1. The number of hydrogen-bond acceptors (Lipinski definition) is 6. The molecule has 0 aliphatic carbocycles. The average Bonchev–Trinajstić information content (AvgIpc) is 3.34. The quantitative estimate of drug-likeness (QED) is 0.238. The van der Waals surface area contributed by atoms with Crippen LogP contribution in [0.4, 0.5) is 5.69 Å². The Morgan fingerprint density at radius 3 is 2.65 bits per heavy atom. The molecule has 1 aliphatic rings. The lowest BCUT2D eigenvalue weighted by molar-refractivity contribution is -0.113. The van der Waals surface area contributed by atoms with Gasteiger partial charge in [-0.1, -0.05) is 59.3 Å². The summed E-state index contributed by atoms with van der Waals surface area (Å²) in [6, 6.07) is 15.3. The normalized spacial score (nSPS) is 15.1. The van der Waals surface area contributed by atoms with E-state index in [1.54, 1.807) is 60.7 Å². The third-order valence-electron chi connectivity index (χ3n) is 4.45. The Kier molecular flexibility index (Phi) is 6.20. The number of methoxy groups -OCH3 is 1. The van der Waals surface area contributed by atoms with Gasteiger partial charge in [-0.15, -0.1) is 0 Å². The second-order valence-corrected chi connectivity index (χ2v) is 8.85. The van der Waals surface area contributed by atoms with Gasteiger partial charge in [0.1, 0.15) is 11.5 Å². The maximum atomic E-state index is 13.1. The number of thioether (sulfide) groups is 1. The highest BCUT2D eigenvalue weighted by molar-refractivity contribution is 8.27. The predicted octanol–water partition coefficient (Wildman–Crippen LogP) is 6.45. The van der Waals surface area contributed by atoms with Gasteiger partial charge in [0, 0.05) is 11.6 Å². The Balaban J connectivity index is 1.64. The van der Waals surface area contributed by atoms with Crippen LogP contribution in [0.3, 0.4) is 0 Å². The number of carbonyl (C=O) groups excluding carboxylic acids is 2. The molecule has 31 heavy (non-hydrogen) atoms. The van der Waals surface area contributed by atoms with E-state index in [1.165, 1.54) is 12.0 Å². The molecule has 3 aromatic rings. The molecule has 2 aromatic carbocycles. The monoisotopic (exact) mass is 489 g/mol. The summed E-state index contributed by atoms with van der Waals surface area (Å²) in [6.07, 6.45) is 1.61. The fourth-order valence-corrected chi connectivity index (χ4v) is 4.55. The number of anilines is 1. The fraction of sp³-hybridized carbons (Fsp3) is 0.0455. The fourth-order valence-electron chi connectivity index (χ4n) is 2.99. The smallest absolute Gasteiger partial charge is 0.339 e. The molecule has 156 valence electrons. The van der Waals surface area contributed by atoms with Crippen molar-refractivity contribution in [1.29, 1.82) is 0 Å². The van der Waals surface area contributed by atoms with E-state index in [2.05, 4.69) is 0 Å². The van der Waals surface area contributed by atoms with Crippen molar-refractivity contribution in [1.82, 2.24) is 0 Å². The second-order valence-electron chi connectivity index (χ2n) is 6.36. The maximum absolute atomic E-state index is 13.1. The van der Waals surface area contributed by atoms with Crippen molar-refractivity contribution < 1.29 is 18.7 Å². The number of nitrogens with zero attached hydrogens (tertiary/aromatic N) is 1. The minimum atomic E-state index is -0.550. The van der Waals surface area contributed by atoms with Gasteiger partial charge in [-0.05, 0) is 42.5 Å². The molecule has 0 radical (unpaired) electrons.